The second-order valence-corrected chi connectivity index (χ2v) is 7.06. The summed E-state index contributed by atoms with van der Waals surface area (Å²) >= 11 is 0. The van der Waals surface area contributed by atoms with E-state index in [0.29, 0.717) is 26.2 Å². The average Bonchev–Trinajstić information content (AvgIpc) is 3.17. The number of halogens is 1. The first-order chi connectivity index (χ1) is 12.6. The first-order valence-electron chi connectivity index (χ1n) is 8.91. The summed E-state index contributed by atoms with van der Waals surface area (Å²) in [6, 6.07) is 8.06. The number of benzene rings is 1. The van der Waals surface area contributed by atoms with Gasteiger partial charge in [0, 0.05) is 32.0 Å². The van der Waals surface area contributed by atoms with Gasteiger partial charge >= 0.3 is 0 Å². The number of hydrogen-bond acceptors (Lipinski definition) is 4. The first-order valence-corrected chi connectivity index (χ1v) is 8.91. The van der Waals surface area contributed by atoms with Crippen molar-refractivity contribution in [3.8, 4) is 0 Å². The van der Waals surface area contributed by atoms with Crippen LogP contribution in [0.3, 0.4) is 0 Å². The van der Waals surface area contributed by atoms with E-state index in [1.165, 1.54) is 11.1 Å². The summed E-state index contributed by atoms with van der Waals surface area (Å²) in [6.07, 6.45) is 2.15. The molecule has 3 heterocycles. The third-order valence-electron chi connectivity index (χ3n) is 4.98. The molecule has 1 aliphatic heterocycles. The third-order valence-corrected chi connectivity index (χ3v) is 4.98. The van der Waals surface area contributed by atoms with E-state index in [2.05, 4.69) is 45.8 Å². The van der Waals surface area contributed by atoms with E-state index in [1.807, 2.05) is 18.3 Å². The minimum absolute atomic E-state index is 0.290. The molecule has 26 heavy (non-hydrogen) atoms. The Hall–Kier alpha value is -2.31. The Labute approximate surface area is 152 Å². The van der Waals surface area contributed by atoms with Gasteiger partial charge in [-0.2, -0.15) is 0 Å². The number of alkyl halides is 1. The number of fused-ring (bicyclic) bond motifs is 1. The molecule has 1 aromatic carbocycles. The maximum absolute atomic E-state index is 14.3. The lowest BCUT2D eigenvalue weighted by molar-refractivity contribution is 0.00863. The van der Waals surface area contributed by atoms with E-state index in [9.17, 15) is 4.39 Å². The Kier molecular flexibility index (Phi) is 4.70. The normalized spacial score (nSPS) is 20.9. The molecule has 0 spiro atoms. The molecule has 1 aliphatic rings. The summed E-state index contributed by atoms with van der Waals surface area (Å²) in [5.74, 6) is 0.739. The maximum Gasteiger partial charge on any atom is 0.140 e. The van der Waals surface area contributed by atoms with Gasteiger partial charge in [0.15, 0.2) is 0 Å². The fraction of sp³-hybridized carbons (Fsp3) is 0.400. The van der Waals surface area contributed by atoms with Crippen LogP contribution in [0.5, 0.6) is 0 Å². The number of aryl methyl sites for hydroxylation is 2. The van der Waals surface area contributed by atoms with Crippen LogP contribution in [0.1, 0.15) is 22.5 Å². The molecule has 2 atom stereocenters. The topological polar surface area (TPSA) is 54.0 Å². The van der Waals surface area contributed by atoms with Crippen molar-refractivity contribution in [2.24, 2.45) is 0 Å². The van der Waals surface area contributed by atoms with Gasteiger partial charge in [-0.05, 0) is 48.7 Å². The monoisotopic (exact) mass is 354 g/mol. The molecule has 3 aromatic rings. The summed E-state index contributed by atoms with van der Waals surface area (Å²) in [7, 11) is 0. The number of hydrogen-bond donors (Lipinski definition) is 1. The fourth-order valence-corrected chi connectivity index (χ4v) is 3.42. The van der Waals surface area contributed by atoms with Gasteiger partial charge in [-0.15, -0.1) is 0 Å². The molecular weight excluding hydrogens is 331 g/mol. The summed E-state index contributed by atoms with van der Waals surface area (Å²) in [5.41, 5.74) is 5.44. The molecule has 2 aromatic heterocycles. The zero-order valence-corrected chi connectivity index (χ0v) is 15.1. The number of H-pyrrole nitrogens is 1. The predicted octanol–water partition coefficient (Wildman–Crippen LogP) is 3.31. The van der Waals surface area contributed by atoms with Crippen molar-refractivity contribution in [2.45, 2.75) is 39.3 Å². The van der Waals surface area contributed by atoms with Crippen molar-refractivity contribution >= 4 is 11.0 Å². The average molecular weight is 354 g/mol. The second kappa shape index (κ2) is 7.13. The lowest BCUT2D eigenvalue weighted by Crippen LogP contribution is -2.24. The predicted molar refractivity (Wildman–Crippen MR) is 98.6 cm³/mol. The Balaban J connectivity index is 1.37. The molecule has 5 nitrogen and oxygen atoms in total. The highest BCUT2D eigenvalue weighted by atomic mass is 19.1. The summed E-state index contributed by atoms with van der Waals surface area (Å²) < 4.78 is 20.2. The largest absolute Gasteiger partial charge is 0.366 e. The van der Waals surface area contributed by atoms with Crippen LogP contribution in [0.15, 0.2) is 36.7 Å². The van der Waals surface area contributed by atoms with Gasteiger partial charge in [0.2, 0.25) is 0 Å². The number of imidazole rings is 1. The molecule has 4 rings (SSSR count). The third kappa shape index (κ3) is 3.61. The van der Waals surface area contributed by atoms with Crippen LogP contribution in [-0.2, 0) is 17.9 Å². The minimum Gasteiger partial charge on any atom is -0.366 e. The van der Waals surface area contributed by atoms with E-state index in [1.54, 1.807) is 6.20 Å². The van der Waals surface area contributed by atoms with E-state index in [0.717, 1.165) is 22.4 Å². The van der Waals surface area contributed by atoms with Crippen molar-refractivity contribution in [3.63, 3.8) is 0 Å². The van der Waals surface area contributed by atoms with Gasteiger partial charge < -0.3 is 9.72 Å². The van der Waals surface area contributed by atoms with Crippen LogP contribution < -0.4 is 0 Å². The van der Waals surface area contributed by atoms with E-state index in [4.69, 9.17) is 4.74 Å². The molecule has 0 amide bonds. The van der Waals surface area contributed by atoms with Crippen LogP contribution in [-0.4, -0.2) is 45.2 Å². The van der Waals surface area contributed by atoms with Gasteiger partial charge in [-0.3, -0.25) is 9.88 Å². The molecule has 1 N–H and O–H groups in total. The van der Waals surface area contributed by atoms with Gasteiger partial charge in [0.1, 0.15) is 24.7 Å². The van der Waals surface area contributed by atoms with Crippen LogP contribution in [0, 0.1) is 13.8 Å². The van der Waals surface area contributed by atoms with Crippen LogP contribution in [0.25, 0.3) is 11.0 Å². The molecule has 136 valence electrons. The van der Waals surface area contributed by atoms with Gasteiger partial charge in [0.05, 0.1) is 11.0 Å². The van der Waals surface area contributed by atoms with Crippen LogP contribution >= 0.6 is 0 Å². The molecule has 0 unspecified atom stereocenters. The number of rotatable bonds is 5. The molecule has 0 aliphatic carbocycles. The zero-order chi connectivity index (χ0) is 18.1. The molecule has 6 heteroatoms. The van der Waals surface area contributed by atoms with Gasteiger partial charge in [0.25, 0.3) is 0 Å². The SMILES string of the molecule is Cc1cc2nc(CO[C@H]3CN(Cc4cccnc4)C[C@H]3F)[nH]c2cc1C. The van der Waals surface area contributed by atoms with Crippen molar-refractivity contribution < 1.29 is 9.13 Å². The highest BCUT2D eigenvalue weighted by molar-refractivity contribution is 5.77. The van der Waals surface area contributed by atoms with Crippen molar-refractivity contribution in [2.75, 3.05) is 13.1 Å². The minimum atomic E-state index is -0.986. The summed E-state index contributed by atoms with van der Waals surface area (Å²) in [4.78, 5) is 14.0. The number of likely N-dealkylation sites (tertiary alicyclic amines) is 1. The Morgan fingerprint density at radius 2 is 2.12 bits per heavy atom. The lowest BCUT2D eigenvalue weighted by Gasteiger charge is -2.15. The van der Waals surface area contributed by atoms with Crippen molar-refractivity contribution in [1.29, 1.82) is 0 Å². The van der Waals surface area contributed by atoms with E-state index >= 15 is 0 Å². The number of nitrogens with zero attached hydrogens (tertiary/aromatic N) is 3. The number of ether oxygens (including phenoxy) is 1. The molecule has 0 saturated carbocycles. The van der Waals surface area contributed by atoms with Crippen LogP contribution in [0.2, 0.25) is 0 Å². The van der Waals surface area contributed by atoms with Gasteiger partial charge in [-0.1, -0.05) is 6.07 Å². The fourth-order valence-electron chi connectivity index (χ4n) is 3.42. The first kappa shape index (κ1) is 17.1. The summed E-state index contributed by atoms with van der Waals surface area (Å²) in [6.45, 7) is 6.10. The van der Waals surface area contributed by atoms with Crippen molar-refractivity contribution in [1.82, 2.24) is 19.9 Å². The van der Waals surface area contributed by atoms with Gasteiger partial charge in [-0.25, -0.2) is 9.37 Å². The molecular formula is C20H23FN4O. The van der Waals surface area contributed by atoms with Crippen LogP contribution in [0.4, 0.5) is 4.39 Å². The Bertz CT molecular complexity index is 856. The molecule has 0 radical (unpaired) electrons. The zero-order valence-electron chi connectivity index (χ0n) is 15.1. The molecule has 0 bridgehead atoms. The Morgan fingerprint density at radius 3 is 2.92 bits per heavy atom. The number of aromatic amines is 1. The summed E-state index contributed by atoms with van der Waals surface area (Å²) in [5, 5.41) is 0. The molecule has 1 saturated heterocycles. The quantitative estimate of drug-likeness (QED) is 0.764. The second-order valence-electron chi connectivity index (χ2n) is 7.06. The van der Waals surface area contributed by atoms with Crippen molar-refractivity contribution in [3.05, 3.63) is 59.2 Å². The smallest absolute Gasteiger partial charge is 0.140 e. The lowest BCUT2D eigenvalue weighted by atomic mass is 10.1. The maximum atomic E-state index is 14.3. The Morgan fingerprint density at radius 1 is 1.27 bits per heavy atom. The van der Waals surface area contributed by atoms with E-state index < -0.39 is 12.3 Å². The highest BCUT2D eigenvalue weighted by Crippen LogP contribution is 2.21. The number of pyridine rings is 1. The standard InChI is InChI=1S/C20H23FN4O/c1-13-6-17-18(7-14(13)2)24-20(23-17)12-26-19-11-25(10-16(19)21)9-15-4-3-5-22-8-15/h3-8,16,19H,9-12H2,1-2H3,(H,23,24)/t16-,19+/m1/s1. The molecule has 1 fully saturated rings. The number of aromatic nitrogens is 3. The highest BCUT2D eigenvalue weighted by Gasteiger charge is 2.33. The van der Waals surface area contributed by atoms with E-state index in [-0.39, 0.29) is 0 Å². The number of nitrogens with one attached hydrogen (secondary N) is 1.